The van der Waals surface area contributed by atoms with Crippen LogP contribution >= 0.6 is 15.9 Å². The molecule has 2 aliphatic rings. The standard InChI is InChI=1S/C13H10BrF2NO2/c14-5-13(1-2-13)6-17-10-8(11(18)12(17)19)3-7(15)4-9(10)16/h3-4H,1-2,5-6H2. The Morgan fingerprint density at radius 3 is 2.53 bits per heavy atom. The van der Waals surface area contributed by atoms with Crippen molar-refractivity contribution in [2.24, 2.45) is 5.41 Å². The van der Waals surface area contributed by atoms with Crippen LogP contribution < -0.4 is 4.90 Å². The summed E-state index contributed by atoms with van der Waals surface area (Å²) in [5.41, 5.74) is -0.338. The first-order valence-electron chi connectivity index (χ1n) is 5.89. The van der Waals surface area contributed by atoms with Gasteiger partial charge >= 0.3 is 0 Å². The van der Waals surface area contributed by atoms with Crippen molar-refractivity contribution < 1.29 is 18.4 Å². The number of carbonyl (C=O) groups is 2. The number of amides is 1. The maximum Gasteiger partial charge on any atom is 0.299 e. The molecule has 0 spiro atoms. The molecule has 3 rings (SSSR count). The summed E-state index contributed by atoms with van der Waals surface area (Å²) in [6, 6.07) is 1.62. The number of rotatable bonds is 3. The molecule has 1 amide bonds. The molecule has 19 heavy (non-hydrogen) atoms. The Hall–Kier alpha value is -1.30. The van der Waals surface area contributed by atoms with Crippen LogP contribution in [0.15, 0.2) is 12.1 Å². The van der Waals surface area contributed by atoms with Gasteiger partial charge in [-0.2, -0.15) is 0 Å². The van der Waals surface area contributed by atoms with E-state index in [1.165, 1.54) is 0 Å². The van der Waals surface area contributed by atoms with Gasteiger partial charge in [0.25, 0.3) is 11.7 Å². The highest BCUT2D eigenvalue weighted by molar-refractivity contribution is 9.09. The number of fused-ring (bicyclic) bond motifs is 1. The predicted octanol–water partition coefficient (Wildman–Crippen LogP) is 2.67. The van der Waals surface area contributed by atoms with Crippen molar-refractivity contribution in [3.05, 3.63) is 29.3 Å². The van der Waals surface area contributed by atoms with Gasteiger partial charge < -0.3 is 4.90 Å². The molecule has 100 valence electrons. The molecule has 1 heterocycles. The van der Waals surface area contributed by atoms with Crippen LogP contribution in [0.2, 0.25) is 0 Å². The Balaban J connectivity index is 2.04. The zero-order valence-electron chi connectivity index (χ0n) is 9.88. The number of Topliss-reactive ketones (excluding diaryl/α,β-unsaturated/α-hetero) is 1. The number of carbonyl (C=O) groups excluding carboxylic acids is 2. The van der Waals surface area contributed by atoms with E-state index < -0.39 is 23.3 Å². The summed E-state index contributed by atoms with van der Waals surface area (Å²) in [7, 11) is 0. The van der Waals surface area contributed by atoms with Crippen LogP contribution in [0.4, 0.5) is 14.5 Å². The number of alkyl halides is 1. The Morgan fingerprint density at radius 1 is 1.26 bits per heavy atom. The van der Waals surface area contributed by atoms with Gasteiger partial charge in [-0.05, 0) is 24.3 Å². The smallest absolute Gasteiger partial charge is 0.299 e. The lowest BCUT2D eigenvalue weighted by Gasteiger charge is -2.22. The normalized spacial score (nSPS) is 19.8. The summed E-state index contributed by atoms with van der Waals surface area (Å²) in [6.45, 7) is 0.290. The molecule has 0 radical (unpaired) electrons. The molecule has 0 bridgehead atoms. The predicted molar refractivity (Wildman–Crippen MR) is 68.5 cm³/mol. The first-order valence-corrected chi connectivity index (χ1v) is 7.01. The molecule has 1 aromatic carbocycles. The molecular weight excluding hydrogens is 320 g/mol. The summed E-state index contributed by atoms with van der Waals surface area (Å²) >= 11 is 3.37. The van der Waals surface area contributed by atoms with Crippen LogP contribution in [0, 0.1) is 17.0 Å². The van der Waals surface area contributed by atoms with Gasteiger partial charge in [-0.15, -0.1) is 0 Å². The molecule has 6 heteroatoms. The third-order valence-electron chi connectivity index (χ3n) is 3.72. The Bertz CT molecular complexity index is 599. The topological polar surface area (TPSA) is 37.4 Å². The third-order valence-corrected chi connectivity index (χ3v) is 4.91. The fourth-order valence-electron chi connectivity index (χ4n) is 2.35. The molecule has 0 unspecified atom stereocenters. The van der Waals surface area contributed by atoms with Crippen LogP contribution in [0.3, 0.4) is 0 Å². The first-order chi connectivity index (χ1) is 8.97. The largest absolute Gasteiger partial charge is 0.301 e. The van der Waals surface area contributed by atoms with E-state index >= 15 is 0 Å². The minimum absolute atomic E-state index is 0.0800. The van der Waals surface area contributed by atoms with Gasteiger partial charge in [0.05, 0.1) is 11.3 Å². The van der Waals surface area contributed by atoms with E-state index in [9.17, 15) is 18.4 Å². The van der Waals surface area contributed by atoms with Crippen molar-refractivity contribution in [2.45, 2.75) is 12.8 Å². The van der Waals surface area contributed by atoms with Crippen LogP contribution in [0.1, 0.15) is 23.2 Å². The van der Waals surface area contributed by atoms with Crippen molar-refractivity contribution in [2.75, 3.05) is 16.8 Å². The van der Waals surface area contributed by atoms with Crippen LogP contribution in [0.25, 0.3) is 0 Å². The van der Waals surface area contributed by atoms with Crippen molar-refractivity contribution in [1.82, 2.24) is 0 Å². The molecular formula is C13H10BrF2NO2. The number of hydrogen-bond acceptors (Lipinski definition) is 2. The van der Waals surface area contributed by atoms with Gasteiger partial charge in [0, 0.05) is 17.9 Å². The Morgan fingerprint density at radius 2 is 1.95 bits per heavy atom. The summed E-state index contributed by atoms with van der Waals surface area (Å²) < 4.78 is 27.0. The lowest BCUT2D eigenvalue weighted by atomic mass is 10.1. The summed E-state index contributed by atoms with van der Waals surface area (Å²) in [5.74, 6) is -3.31. The maximum absolute atomic E-state index is 13.9. The molecule has 1 fully saturated rings. The van der Waals surface area contributed by atoms with E-state index in [1.54, 1.807) is 0 Å². The Kier molecular flexibility index (Phi) is 2.74. The van der Waals surface area contributed by atoms with Gasteiger partial charge in [-0.1, -0.05) is 15.9 Å². The average Bonchev–Trinajstić information content (AvgIpc) is 3.10. The van der Waals surface area contributed by atoms with Gasteiger partial charge in [0.1, 0.15) is 5.82 Å². The Labute approximate surface area is 116 Å². The third kappa shape index (κ3) is 1.89. The second-order valence-corrected chi connectivity index (χ2v) is 5.70. The molecule has 1 aliphatic carbocycles. The van der Waals surface area contributed by atoms with Gasteiger partial charge in [-0.25, -0.2) is 8.78 Å². The van der Waals surface area contributed by atoms with E-state index in [-0.39, 0.29) is 16.7 Å². The monoisotopic (exact) mass is 329 g/mol. The lowest BCUT2D eigenvalue weighted by Crippen LogP contribution is -2.36. The molecule has 1 aliphatic heterocycles. The van der Waals surface area contributed by atoms with E-state index in [4.69, 9.17) is 0 Å². The van der Waals surface area contributed by atoms with Crippen molar-refractivity contribution in [1.29, 1.82) is 0 Å². The SMILES string of the molecule is O=C1C(=O)N(CC2(CBr)CC2)c2c(F)cc(F)cc21. The minimum Gasteiger partial charge on any atom is -0.301 e. The number of nitrogens with zero attached hydrogens (tertiary/aromatic N) is 1. The number of benzene rings is 1. The molecule has 3 nitrogen and oxygen atoms in total. The summed E-state index contributed by atoms with van der Waals surface area (Å²) in [5, 5.41) is 0.691. The second kappa shape index (κ2) is 4.10. The molecule has 0 atom stereocenters. The number of halogens is 3. The van der Waals surface area contributed by atoms with E-state index in [2.05, 4.69) is 15.9 Å². The molecule has 1 aromatic rings. The maximum atomic E-state index is 13.9. The highest BCUT2D eigenvalue weighted by atomic mass is 79.9. The molecule has 0 saturated heterocycles. The highest BCUT2D eigenvalue weighted by Gasteiger charge is 2.48. The molecule has 0 aromatic heterocycles. The van der Waals surface area contributed by atoms with Crippen LogP contribution in [0.5, 0.6) is 0 Å². The van der Waals surface area contributed by atoms with E-state index in [0.29, 0.717) is 17.9 Å². The molecule has 1 saturated carbocycles. The number of ketones is 1. The van der Waals surface area contributed by atoms with Crippen molar-refractivity contribution in [3.63, 3.8) is 0 Å². The first kappa shape index (κ1) is 12.7. The van der Waals surface area contributed by atoms with E-state index in [1.807, 2.05) is 0 Å². The lowest BCUT2D eigenvalue weighted by molar-refractivity contribution is -0.114. The fourth-order valence-corrected chi connectivity index (χ4v) is 3.09. The quantitative estimate of drug-likeness (QED) is 0.631. The molecule has 0 N–H and O–H groups in total. The summed E-state index contributed by atoms with van der Waals surface area (Å²) in [6.07, 6.45) is 1.85. The second-order valence-electron chi connectivity index (χ2n) is 5.14. The average molecular weight is 330 g/mol. The fraction of sp³-hybridized carbons (Fsp3) is 0.385. The minimum atomic E-state index is -0.862. The van der Waals surface area contributed by atoms with Crippen molar-refractivity contribution >= 4 is 33.3 Å². The van der Waals surface area contributed by atoms with Crippen LogP contribution in [-0.2, 0) is 4.79 Å². The van der Waals surface area contributed by atoms with Crippen LogP contribution in [-0.4, -0.2) is 23.6 Å². The zero-order valence-corrected chi connectivity index (χ0v) is 11.5. The van der Waals surface area contributed by atoms with E-state index in [0.717, 1.165) is 23.8 Å². The van der Waals surface area contributed by atoms with Crippen molar-refractivity contribution in [3.8, 4) is 0 Å². The summed E-state index contributed by atoms with van der Waals surface area (Å²) in [4.78, 5) is 24.8. The highest BCUT2D eigenvalue weighted by Crippen LogP contribution is 2.49. The zero-order chi connectivity index (χ0) is 13.8. The van der Waals surface area contributed by atoms with Gasteiger partial charge in [0.15, 0.2) is 5.82 Å². The van der Waals surface area contributed by atoms with Gasteiger partial charge in [0.2, 0.25) is 0 Å². The number of hydrogen-bond donors (Lipinski definition) is 0. The number of anilines is 1. The van der Waals surface area contributed by atoms with Gasteiger partial charge in [-0.3, -0.25) is 9.59 Å².